The van der Waals surface area contributed by atoms with Crippen molar-refractivity contribution in [3.8, 4) is 5.75 Å². The number of nitrogens with zero attached hydrogens (tertiary/aromatic N) is 2. The average molecular weight is 413 g/mol. The summed E-state index contributed by atoms with van der Waals surface area (Å²) in [6.07, 6.45) is 1.30. The number of phenolic OH excluding ortho intramolecular Hbond substituents is 1. The fraction of sp³-hybridized carbons (Fsp3) is 0.105. The number of nitro groups is 1. The molecule has 3 rings (SSSR count). The zero-order valence-corrected chi connectivity index (χ0v) is 15.9. The lowest BCUT2D eigenvalue weighted by molar-refractivity contribution is -0.385. The second-order valence-electron chi connectivity index (χ2n) is 6.19. The van der Waals surface area contributed by atoms with E-state index in [1.807, 2.05) is 13.0 Å². The van der Waals surface area contributed by atoms with Crippen LogP contribution in [0.4, 0.5) is 16.2 Å². The third-order valence-corrected chi connectivity index (χ3v) is 4.88. The van der Waals surface area contributed by atoms with Crippen LogP contribution in [0.2, 0.25) is 0 Å². The van der Waals surface area contributed by atoms with Crippen molar-refractivity contribution in [3.05, 3.63) is 68.6 Å². The molecule has 29 heavy (non-hydrogen) atoms. The second-order valence-corrected chi connectivity index (χ2v) is 7.18. The molecule has 10 heteroatoms. The van der Waals surface area contributed by atoms with E-state index in [0.29, 0.717) is 17.4 Å². The minimum atomic E-state index is -0.756. The Hall–Kier alpha value is -3.66. The molecule has 1 aliphatic heterocycles. The lowest BCUT2D eigenvalue weighted by atomic mass is 10.1. The van der Waals surface area contributed by atoms with Crippen molar-refractivity contribution in [1.82, 2.24) is 4.90 Å². The van der Waals surface area contributed by atoms with Gasteiger partial charge in [0.15, 0.2) is 5.75 Å². The number of carbonyl (C=O) groups is 3. The molecule has 2 N–H and O–H groups in total. The highest BCUT2D eigenvalue weighted by Crippen LogP contribution is 2.34. The first-order valence-corrected chi connectivity index (χ1v) is 9.15. The Labute approximate surface area is 169 Å². The van der Waals surface area contributed by atoms with Gasteiger partial charge in [-0.1, -0.05) is 18.2 Å². The first-order chi connectivity index (χ1) is 13.7. The molecular formula is C19H15N3O6S. The van der Waals surface area contributed by atoms with Crippen molar-refractivity contribution in [2.45, 2.75) is 6.92 Å². The van der Waals surface area contributed by atoms with Crippen molar-refractivity contribution in [3.63, 3.8) is 0 Å². The van der Waals surface area contributed by atoms with E-state index in [0.717, 1.165) is 22.6 Å². The van der Waals surface area contributed by atoms with Crippen molar-refractivity contribution in [2.75, 3.05) is 11.9 Å². The van der Waals surface area contributed by atoms with Gasteiger partial charge in [-0.3, -0.25) is 29.4 Å². The summed E-state index contributed by atoms with van der Waals surface area (Å²) < 4.78 is 0. The summed E-state index contributed by atoms with van der Waals surface area (Å²) in [6.45, 7) is 1.41. The summed E-state index contributed by atoms with van der Waals surface area (Å²) in [5.74, 6) is -1.71. The molecule has 0 aromatic heterocycles. The maximum absolute atomic E-state index is 12.5. The van der Waals surface area contributed by atoms with Crippen LogP contribution in [0.15, 0.2) is 47.4 Å². The highest BCUT2D eigenvalue weighted by Gasteiger charge is 2.36. The molecule has 0 radical (unpaired) electrons. The number of hydrogen-bond acceptors (Lipinski definition) is 7. The van der Waals surface area contributed by atoms with Gasteiger partial charge < -0.3 is 10.4 Å². The highest BCUT2D eigenvalue weighted by atomic mass is 32.2. The van der Waals surface area contributed by atoms with Gasteiger partial charge in [0.25, 0.3) is 11.1 Å². The van der Waals surface area contributed by atoms with Gasteiger partial charge >= 0.3 is 5.69 Å². The first-order valence-electron chi connectivity index (χ1n) is 8.34. The molecule has 1 saturated heterocycles. The van der Waals surface area contributed by atoms with Crippen molar-refractivity contribution >= 4 is 46.3 Å². The van der Waals surface area contributed by atoms with Crippen LogP contribution in [0.1, 0.15) is 11.1 Å². The largest absolute Gasteiger partial charge is 0.502 e. The molecule has 2 aromatic carbocycles. The summed E-state index contributed by atoms with van der Waals surface area (Å²) in [5, 5.41) is 22.4. The van der Waals surface area contributed by atoms with E-state index in [9.17, 15) is 29.6 Å². The van der Waals surface area contributed by atoms with Crippen LogP contribution in [-0.4, -0.2) is 38.5 Å². The number of nitro benzene ring substituents is 1. The highest BCUT2D eigenvalue weighted by molar-refractivity contribution is 8.18. The molecule has 0 bridgehead atoms. The van der Waals surface area contributed by atoms with Crippen LogP contribution in [0.3, 0.4) is 0 Å². The number of anilines is 1. The Morgan fingerprint density at radius 2 is 2.03 bits per heavy atom. The Morgan fingerprint density at radius 1 is 1.28 bits per heavy atom. The van der Waals surface area contributed by atoms with Crippen molar-refractivity contribution in [2.24, 2.45) is 0 Å². The quantitative estimate of drug-likeness (QED) is 0.437. The lowest BCUT2D eigenvalue weighted by Gasteiger charge is -2.12. The summed E-state index contributed by atoms with van der Waals surface area (Å²) in [4.78, 5) is 47.9. The minimum absolute atomic E-state index is 0.0262. The van der Waals surface area contributed by atoms with Gasteiger partial charge in [0, 0.05) is 11.8 Å². The molecule has 0 atom stereocenters. The standard InChI is InChI=1S/C19H15N3O6S/c1-11-3-2-4-13(7-11)20-17(24)10-21-18(25)16(29-19(21)26)9-12-5-6-15(23)14(8-12)22(27)28/h2-9,23H,10H2,1H3,(H,20,24). The monoisotopic (exact) mass is 413 g/mol. The summed E-state index contributed by atoms with van der Waals surface area (Å²) >= 11 is 0.632. The molecule has 0 spiro atoms. The van der Waals surface area contributed by atoms with Crippen molar-refractivity contribution in [1.29, 1.82) is 0 Å². The zero-order valence-electron chi connectivity index (χ0n) is 15.1. The van der Waals surface area contributed by atoms with Crippen LogP contribution in [0, 0.1) is 17.0 Å². The van der Waals surface area contributed by atoms with Gasteiger partial charge in [0.1, 0.15) is 6.54 Å². The molecule has 3 amide bonds. The van der Waals surface area contributed by atoms with Gasteiger partial charge in [-0.15, -0.1) is 0 Å². The first kappa shape index (κ1) is 20.1. The number of phenols is 1. The zero-order chi connectivity index (χ0) is 21.1. The SMILES string of the molecule is Cc1cccc(NC(=O)CN2C(=O)SC(=Cc3ccc(O)c([N+](=O)[O-])c3)C2=O)c1. The predicted molar refractivity (Wildman–Crippen MR) is 107 cm³/mol. The molecule has 9 nitrogen and oxygen atoms in total. The number of aryl methyl sites for hydroxylation is 1. The molecule has 148 valence electrons. The number of hydrogen-bond donors (Lipinski definition) is 2. The van der Waals surface area contributed by atoms with Crippen LogP contribution >= 0.6 is 11.8 Å². The van der Waals surface area contributed by atoms with Gasteiger partial charge in [-0.05, 0) is 54.1 Å². The topological polar surface area (TPSA) is 130 Å². The maximum Gasteiger partial charge on any atom is 0.311 e. The third-order valence-electron chi connectivity index (χ3n) is 3.97. The Kier molecular flexibility index (Phi) is 5.64. The number of imide groups is 1. The molecule has 0 unspecified atom stereocenters. The van der Waals surface area contributed by atoms with E-state index >= 15 is 0 Å². The maximum atomic E-state index is 12.5. The van der Waals surface area contributed by atoms with Gasteiger partial charge in [-0.2, -0.15) is 0 Å². The van der Waals surface area contributed by atoms with Crippen LogP contribution in [0.5, 0.6) is 5.75 Å². The van der Waals surface area contributed by atoms with E-state index in [1.165, 1.54) is 12.1 Å². The van der Waals surface area contributed by atoms with E-state index < -0.39 is 40.0 Å². The third kappa shape index (κ3) is 4.61. The average Bonchev–Trinajstić information content (AvgIpc) is 2.90. The molecular weight excluding hydrogens is 398 g/mol. The fourth-order valence-corrected chi connectivity index (χ4v) is 3.47. The second kappa shape index (κ2) is 8.15. The minimum Gasteiger partial charge on any atom is -0.502 e. The fourth-order valence-electron chi connectivity index (χ4n) is 2.63. The van der Waals surface area contributed by atoms with E-state index in [1.54, 1.807) is 18.2 Å². The summed E-state index contributed by atoms with van der Waals surface area (Å²) in [6, 6.07) is 10.7. The number of carbonyl (C=O) groups excluding carboxylic acids is 3. The number of thioether (sulfide) groups is 1. The number of rotatable bonds is 5. The number of benzene rings is 2. The van der Waals surface area contributed by atoms with Crippen molar-refractivity contribution < 1.29 is 24.4 Å². The van der Waals surface area contributed by atoms with Gasteiger partial charge in [0.05, 0.1) is 9.83 Å². The van der Waals surface area contributed by atoms with Crippen LogP contribution < -0.4 is 5.32 Å². The molecule has 0 saturated carbocycles. The predicted octanol–water partition coefficient (Wildman–Crippen LogP) is 3.28. The Morgan fingerprint density at radius 3 is 2.72 bits per heavy atom. The summed E-state index contributed by atoms with van der Waals surface area (Å²) in [5.41, 5.74) is 1.24. The normalized spacial score (nSPS) is 15.1. The van der Waals surface area contributed by atoms with Gasteiger partial charge in [-0.25, -0.2) is 0 Å². The Bertz CT molecular complexity index is 1070. The van der Waals surface area contributed by atoms with E-state index in [2.05, 4.69) is 5.32 Å². The number of aromatic hydroxyl groups is 1. The van der Waals surface area contributed by atoms with E-state index in [4.69, 9.17) is 0 Å². The van der Waals surface area contributed by atoms with Crippen LogP contribution in [-0.2, 0) is 9.59 Å². The molecule has 1 aliphatic rings. The number of nitrogens with one attached hydrogen (secondary N) is 1. The molecule has 1 fully saturated rings. The Balaban J connectivity index is 1.74. The lowest BCUT2D eigenvalue weighted by Crippen LogP contribution is -2.36. The molecule has 0 aliphatic carbocycles. The number of amides is 3. The summed E-state index contributed by atoms with van der Waals surface area (Å²) in [7, 11) is 0. The van der Waals surface area contributed by atoms with Crippen LogP contribution in [0.25, 0.3) is 6.08 Å². The molecule has 1 heterocycles. The smallest absolute Gasteiger partial charge is 0.311 e. The van der Waals surface area contributed by atoms with E-state index in [-0.39, 0.29) is 10.5 Å². The van der Waals surface area contributed by atoms with Gasteiger partial charge in [0.2, 0.25) is 5.91 Å². The molecule has 2 aromatic rings.